The van der Waals surface area contributed by atoms with Crippen LogP contribution in [0.15, 0.2) is 36.4 Å². The van der Waals surface area contributed by atoms with Crippen LogP contribution in [0.1, 0.15) is 22.6 Å². The van der Waals surface area contributed by atoms with Crippen LogP contribution in [0, 0.1) is 0 Å². The van der Waals surface area contributed by atoms with Crippen molar-refractivity contribution in [1.29, 1.82) is 0 Å². The number of methoxy groups -OCH3 is 2. The molecule has 11 heteroatoms. The Hall–Kier alpha value is -2.90. The third kappa shape index (κ3) is 6.51. The highest BCUT2D eigenvalue weighted by Gasteiger charge is 2.45. The molecule has 37 heavy (non-hydrogen) atoms. The second kappa shape index (κ2) is 13.1. The van der Waals surface area contributed by atoms with Crippen LogP contribution in [0.5, 0.6) is 23.0 Å². The van der Waals surface area contributed by atoms with Gasteiger partial charge in [-0.3, -0.25) is 0 Å². The zero-order chi connectivity index (χ0) is 27.1. The van der Waals surface area contributed by atoms with E-state index >= 15 is 0 Å². The summed E-state index contributed by atoms with van der Waals surface area (Å²) in [6.45, 7) is -1.15. The van der Waals surface area contributed by atoms with E-state index in [-0.39, 0.29) is 42.6 Å². The molecule has 3 rings (SSSR count). The summed E-state index contributed by atoms with van der Waals surface area (Å²) in [5.41, 5.74) is 1.83. The molecular formula is C26H34O11. The van der Waals surface area contributed by atoms with Gasteiger partial charge in [-0.05, 0) is 41.8 Å². The molecule has 2 aromatic carbocycles. The second-order valence-electron chi connectivity index (χ2n) is 8.63. The maximum atomic E-state index is 10.5. The monoisotopic (exact) mass is 522 g/mol. The number of aromatic hydroxyl groups is 1. The zero-order valence-corrected chi connectivity index (χ0v) is 20.6. The Morgan fingerprint density at radius 3 is 2.30 bits per heavy atom. The fourth-order valence-electron chi connectivity index (χ4n) is 4.20. The first-order valence-electron chi connectivity index (χ1n) is 11.7. The van der Waals surface area contributed by atoms with Gasteiger partial charge in [0.25, 0.3) is 0 Å². The Balaban J connectivity index is 2.06. The Labute approximate surface area is 214 Å². The molecule has 1 aliphatic rings. The zero-order valence-electron chi connectivity index (χ0n) is 20.6. The summed E-state index contributed by atoms with van der Waals surface area (Å²) < 4.78 is 22.2. The van der Waals surface area contributed by atoms with Crippen molar-refractivity contribution in [3.05, 3.63) is 53.1 Å². The Kier molecular flexibility index (Phi) is 10.1. The highest BCUT2D eigenvalue weighted by Crippen LogP contribution is 2.41. The molecule has 7 N–H and O–H groups in total. The fourth-order valence-corrected chi connectivity index (χ4v) is 4.20. The van der Waals surface area contributed by atoms with Crippen molar-refractivity contribution in [2.24, 2.45) is 0 Å². The smallest absolute Gasteiger partial charge is 0.229 e. The third-order valence-corrected chi connectivity index (χ3v) is 6.21. The van der Waals surface area contributed by atoms with E-state index in [0.717, 1.165) is 5.56 Å². The van der Waals surface area contributed by atoms with Crippen LogP contribution >= 0.6 is 0 Å². The van der Waals surface area contributed by atoms with Crippen molar-refractivity contribution in [1.82, 2.24) is 0 Å². The van der Waals surface area contributed by atoms with Crippen LogP contribution < -0.4 is 14.2 Å². The molecule has 0 saturated carbocycles. The second-order valence-corrected chi connectivity index (χ2v) is 8.63. The lowest BCUT2D eigenvalue weighted by Gasteiger charge is -2.40. The van der Waals surface area contributed by atoms with E-state index < -0.39 is 43.2 Å². The highest BCUT2D eigenvalue weighted by molar-refractivity contribution is 5.60. The summed E-state index contributed by atoms with van der Waals surface area (Å²) in [6.07, 6.45) is -4.04. The molecule has 0 aliphatic carbocycles. The third-order valence-electron chi connectivity index (χ3n) is 6.21. The fraction of sp³-hybridized carbons (Fsp3) is 0.462. The quantitative estimate of drug-likeness (QED) is 0.210. The van der Waals surface area contributed by atoms with Crippen molar-refractivity contribution in [2.45, 2.75) is 43.0 Å². The molecule has 1 saturated heterocycles. The minimum Gasteiger partial charge on any atom is -0.504 e. The van der Waals surface area contributed by atoms with E-state index in [9.17, 15) is 35.7 Å². The lowest BCUT2D eigenvalue weighted by atomic mass is 9.90. The normalized spacial score (nSPS) is 24.7. The van der Waals surface area contributed by atoms with E-state index in [4.69, 9.17) is 18.9 Å². The minimum absolute atomic E-state index is 0.0313. The van der Waals surface area contributed by atoms with Crippen LogP contribution in [0.25, 0.3) is 6.08 Å². The highest BCUT2D eigenvalue weighted by atomic mass is 16.7. The molecule has 0 spiro atoms. The molecular weight excluding hydrogens is 488 g/mol. The van der Waals surface area contributed by atoms with Gasteiger partial charge in [0.15, 0.2) is 23.0 Å². The van der Waals surface area contributed by atoms with E-state index in [0.29, 0.717) is 11.1 Å². The van der Waals surface area contributed by atoms with Gasteiger partial charge in [0.1, 0.15) is 24.4 Å². The van der Waals surface area contributed by atoms with E-state index in [1.54, 1.807) is 30.3 Å². The van der Waals surface area contributed by atoms with Gasteiger partial charge in [0.2, 0.25) is 6.29 Å². The number of hydrogen-bond donors (Lipinski definition) is 7. The van der Waals surface area contributed by atoms with Gasteiger partial charge in [-0.2, -0.15) is 0 Å². The predicted octanol–water partition coefficient (Wildman–Crippen LogP) is -0.0878. The van der Waals surface area contributed by atoms with E-state index in [1.807, 2.05) is 0 Å². The molecule has 0 amide bonds. The molecule has 6 atom stereocenters. The molecule has 2 aromatic rings. The summed E-state index contributed by atoms with van der Waals surface area (Å²) in [6, 6.07) is 8.14. The number of phenolic OH excluding ortho intramolecular Hbond substituents is 1. The number of hydrogen-bond acceptors (Lipinski definition) is 11. The number of benzene rings is 2. The van der Waals surface area contributed by atoms with Gasteiger partial charge in [-0.25, -0.2) is 0 Å². The maximum Gasteiger partial charge on any atom is 0.229 e. The van der Waals surface area contributed by atoms with Crippen LogP contribution in [0.2, 0.25) is 0 Å². The molecule has 1 heterocycles. The average Bonchev–Trinajstić information content (AvgIpc) is 2.91. The minimum atomic E-state index is -1.65. The van der Waals surface area contributed by atoms with Gasteiger partial charge >= 0.3 is 0 Å². The van der Waals surface area contributed by atoms with Crippen LogP contribution in [0.4, 0.5) is 0 Å². The predicted molar refractivity (Wildman–Crippen MR) is 132 cm³/mol. The molecule has 0 radical (unpaired) electrons. The van der Waals surface area contributed by atoms with Gasteiger partial charge < -0.3 is 54.7 Å². The molecule has 0 bridgehead atoms. The summed E-state index contributed by atoms with van der Waals surface area (Å²) in [5, 5.41) is 69.9. The van der Waals surface area contributed by atoms with Crippen molar-refractivity contribution in [3.63, 3.8) is 0 Å². The van der Waals surface area contributed by atoms with Crippen molar-refractivity contribution >= 4 is 6.08 Å². The molecule has 0 unspecified atom stereocenters. The molecule has 1 fully saturated rings. The van der Waals surface area contributed by atoms with Crippen LogP contribution in [0.3, 0.4) is 0 Å². The van der Waals surface area contributed by atoms with Gasteiger partial charge in [0, 0.05) is 11.5 Å². The standard InChI is InChI=1S/C26H34O11/c1-34-19-10-15(5-6-18(19)30)8-16(12-28)17-9-14(4-3-7-27)11-20(35-2)25(17)37-26-24(33)23(32)22(31)21(13-29)36-26/h3-6,9-11,16,21-24,26-33H,7-8,12-13H2,1-2H3/b4-3+/t16-,21+,22+,23-,24+,26-/m1/s1. The van der Waals surface area contributed by atoms with Crippen LogP contribution in [-0.4, -0.2) is 100 Å². The largest absolute Gasteiger partial charge is 0.504 e. The Morgan fingerprint density at radius 1 is 0.946 bits per heavy atom. The first-order valence-corrected chi connectivity index (χ1v) is 11.7. The Bertz CT molecular complexity index is 1060. The van der Waals surface area contributed by atoms with Crippen molar-refractivity contribution in [3.8, 4) is 23.0 Å². The summed E-state index contributed by atoms with van der Waals surface area (Å²) in [5.74, 6) is -0.0162. The Morgan fingerprint density at radius 2 is 1.68 bits per heavy atom. The molecule has 204 valence electrons. The molecule has 11 nitrogen and oxygen atoms in total. The molecule has 1 aliphatic heterocycles. The number of rotatable bonds is 11. The summed E-state index contributed by atoms with van der Waals surface area (Å²) >= 11 is 0. The maximum absolute atomic E-state index is 10.5. The van der Waals surface area contributed by atoms with E-state index in [2.05, 4.69) is 0 Å². The SMILES string of the molecule is COc1cc(C[C@H](CO)c2cc(/C=C/CO)cc(OC)c2O[C@H]2O[C@@H](CO)[C@H](O)[C@@H](O)[C@@H]2O)ccc1O. The van der Waals surface area contributed by atoms with Crippen molar-refractivity contribution < 1.29 is 54.7 Å². The molecule has 0 aromatic heterocycles. The number of ether oxygens (including phenoxy) is 4. The average molecular weight is 523 g/mol. The summed E-state index contributed by atoms with van der Waals surface area (Å²) in [4.78, 5) is 0. The number of phenols is 1. The van der Waals surface area contributed by atoms with Gasteiger partial charge in [-0.15, -0.1) is 0 Å². The van der Waals surface area contributed by atoms with E-state index in [1.165, 1.54) is 26.4 Å². The first kappa shape index (κ1) is 28.7. The lowest BCUT2D eigenvalue weighted by Crippen LogP contribution is -2.60. The van der Waals surface area contributed by atoms with Crippen molar-refractivity contribution in [2.75, 3.05) is 34.0 Å². The lowest BCUT2D eigenvalue weighted by molar-refractivity contribution is -0.277. The number of aliphatic hydroxyl groups excluding tert-OH is 6. The number of aliphatic hydroxyl groups is 6. The first-order chi connectivity index (χ1) is 17.8. The topological polar surface area (TPSA) is 179 Å². The van der Waals surface area contributed by atoms with Gasteiger partial charge in [-0.1, -0.05) is 18.2 Å². The van der Waals surface area contributed by atoms with Gasteiger partial charge in [0.05, 0.1) is 34.0 Å². The summed E-state index contributed by atoms with van der Waals surface area (Å²) in [7, 11) is 2.83. The van der Waals surface area contributed by atoms with Crippen LogP contribution in [-0.2, 0) is 11.2 Å².